The van der Waals surface area contributed by atoms with E-state index in [4.69, 9.17) is 4.43 Å². The first-order valence-corrected chi connectivity index (χ1v) is 9.33. The van der Waals surface area contributed by atoms with Gasteiger partial charge in [0.1, 0.15) is 6.10 Å². The third kappa shape index (κ3) is 3.64. The molecule has 2 unspecified atom stereocenters. The molecule has 0 aliphatic heterocycles. The third-order valence-corrected chi connectivity index (χ3v) is 8.10. The van der Waals surface area contributed by atoms with Gasteiger partial charge in [-0.25, -0.2) is 0 Å². The van der Waals surface area contributed by atoms with Crippen LogP contribution in [0, 0.1) is 0 Å². The predicted molar refractivity (Wildman–Crippen MR) is 76.9 cm³/mol. The highest BCUT2D eigenvalue weighted by Gasteiger charge is 2.40. The van der Waals surface area contributed by atoms with Crippen LogP contribution in [0.15, 0.2) is 24.4 Å². The Kier molecular flexibility index (Phi) is 4.70. The molecule has 0 bridgehead atoms. The van der Waals surface area contributed by atoms with E-state index in [2.05, 4.69) is 38.8 Å². The highest BCUT2D eigenvalue weighted by molar-refractivity contribution is 6.74. The Morgan fingerprint density at radius 3 is 2.28 bits per heavy atom. The summed E-state index contributed by atoms with van der Waals surface area (Å²) >= 11 is 0. The minimum atomic E-state index is -1.91. The molecule has 0 fully saturated rings. The standard InChI is InChI=1S/C14H25NO2Si/c1-11(16)13(12-9-7-8-10-15-12)17-18(5,6)14(2,3)4/h7-11,13,16H,1-6H3. The zero-order valence-electron chi connectivity index (χ0n) is 12.3. The first-order chi connectivity index (χ1) is 8.15. The number of rotatable bonds is 4. The summed E-state index contributed by atoms with van der Waals surface area (Å²) in [5, 5.41) is 10.1. The van der Waals surface area contributed by atoms with E-state index in [-0.39, 0.29) is 11.1 Å². The Morgan fingerprint density at radius 2 is 1.89 bits per heavy atom. The van der Waals surface area contributed by atoms with Crippen LogP contribution in [0.25, 0.3) is 0 Å². The number of aliphatic hydroxyl groups excluding tert-OH is 1. The molecule has 4 heteroatoms. The minimum Gasteiger partial charge on any atom is -0.406 e. The van der Waals surface area contributed by atoms with Gasteiger partial charge in [0.15, 0.2) is 8.32 Å². The molecule has 1 aromatic heterocycles. The van der Waals surface area contributed by atoms with Crippen molar-refractivity contribution in [2.45, 2.75) is 58.0 Å². The van der Waals surface area contributed by atoms with Crippen molar-refractivity contribution in [2.24, 2.45) is 0 Å². The topological polar surface area (TPSA) is 42.4 Å². The van der Waals surface area contributed by atoms with E-state index in [1.807, 2.05) is 18.2 Å². The second-order valence-electron chi connectivity index (χ2n) is 6.29. The molecule has 0 radical (unpaired) electrons. The summed E-state index contributed by atoms with van der Waals surface area (Å²) in [5.41, 5.74) is 0.803. The van der Waals surface area contributed by atoms with Gasteiger partial charge >= 0.3 is 0 Å². The summed E-state index contributed by atoms with van der Waals surface area (Å²) < 4.78 is 6.28. The Hall–Kier alpha value is -0.713. The van der Waals surface area contributed by atoms with E-state index in [1.54, 1.807) is 13.1 Å². The summed E-state index contributed by atoms with van der Waals surface area (Å²) in [6.45, 7) is 12.7. The number of aliphatic hydroxyl groups is 1. The smallest absolute Gasteiger partial charge is 0.193 e. The Balaban J connectivity index is 2.96. The Bertz CT molecular complexity index is 371. The predicted octanol–water partition coefficient (Wildman–Crippen LogP) is 3.53. The fourth-order valence-corrected chi connectivity index (χ4v) is 2.75. The lowest BCUT2D eigenvalue weighted by Crippen LogP contribution is -2.43. The maximum atomic E-state index is 9.95. The average Bonchev–Trinajstić information content (AvgIpc) is 2.25. The molecule has 0 aromatic carbocycles. The summed E-state index contributed by atoms with van der Waals surface area (Å²) in [7, 11) is -1.91. The molecule has 0 aliphatic rings. The van der Waals surface area contributed by atoms with Crippen LogP contribution in [0.4, 0.5) is 0 Å². The monoisotopic (exact) mass is 267 g/mol. The van der Waals surface area contributed by atoms with Gasteiger partial charge in [0.2, 0.25) is 0 Å². The first-order valence-electron chi connectivity index (χ1n) is 6.42. The van der Waals surface area contributed by atoms with Crippen LogP contribution in [0.3, 0.4) is 0 Å². The quantitative estimate of drug-likeness (QED) is 0.849. The van der Waals surface area contributed by atoms with Crippen molar-refractivity contribution in [3.63, 3.8) is 0 Å². The van der Waals surface area contributed by atoms with Crippen molar-refractivity contribution in [1.82, 2.24) is 4.98 Å². The van der Waals surface area contributed by atoms with Crippen LogP contribution in [0.5, 0.6) is 0 Å². The molecule has 18 heavy (non-hydrogen) atoms. The van der Waals surface area contributed by atoms with E-state index in [0.717, 1.165) is 5.69 Å². The second kappa shape index (κ2) is 5.51. The van der Waals surface area contributed by atoms with Gasteiger partial charge in [-0.05, 0) is 37.2 Å². The molecule has 1 rings (SSSR count). The lowest BCUT2D eigenvalue weighted by atomic mass is 10.1. The fraction of sp³-hybridized carbons (Fsp3) is 0.643. The van der Waals surface area contributed by atoms with Gasteiger partial charge in [0.05, 0.1) is 11.8 Å². The molecule has 0 saturated carbocycles. The molecule has 1 N–H and O–H groups in total. The van der Waals surface area contributed by atoms with Crippen LogP contribution in [0.1, 0.15) is 39.5 Å². The van der Waals surface area contributed by atoms with Gasteiger partial charge in [0, 0.05) is 6.20 Å². The highest BCUT2D eigenvalue weighted by Crippen LogP contribution is 2.40. The molecular weight excluding hydrogens is 242 g/mol. The summed E-state index contributed by atoms with van der Waals surface area (Å²) in [6.07, 6.45) is 0.834. The fourth-order valence-electron chi connectivity index (χ4n) is 1.44. The maximum Gasteiger partial charge on any atom is 0.193 e. The molecule has 0 saturated heterocycles. The van der Waals surface area contributed by atoms with Gasteiger partial charge < -0.3 is 9.53 Å². The van der Waals surface area contributed by atoms with Gasteiger partial charge in [0.25, 0.3) is 0 Å². The van der Waals surface area contributed by atoms with Crippen molar-refractivity contribution in [3.05, 3.63) is 30.1 Å². The number of nitrogens with zero attached hydrogens (tertiary/aromatic N) is 1. The van der Waals surface area contributed by atoms with Gasteiger partial charge in [-0.15, -0.1) is 0 Å². The van der Waals surface area contributed by atoms with E-state index in [1.165, 1.54) is 0 Å². The van der Waals surface area contributed by atoms with E-state index < -0.39 is 14.4 Å². The summed E-state index contributed by atoms with van der Waals surface area (Å²) in [6, 6.07) is 5.70. The number of hydrogen-bond donors (Lipinski definition) is 1. The Morgan fingerprint density at radius 1 is 1.28 bits per heavy atom. The van der Waals surface area contributed by atoms with Crippen LogP contribution >= 0.6 is 0 Å². The van der Waals surface area contributed by atoms with Gasteiger partial charge in [-0.2, -0.15) is 0 Å². The summed E-state index contributed by atoms with van der Waals surface area (Å²) in [5.74, 6) is 0. The average molecular weight is 267 g/mol. The van der Waals surface area contributed by atoms with Crippen molar-refractivity contribution in [2.75, 3.05) is 0 Å². The summed E-state index contributed by atoms with van der Waals surface area (Å²) in [4.78, 5) is 4.30. The molecule has 102 valence electrons. The first kappa shape index (κ1) is 15.3. The van der Waals surface area contributed by atoms with Crippen molar-refractivity contribution < 1.29 is 9.53 Å². The molecule has 2 atom stereocenters. The van der Waals surface area contributed by atoms with Crippen LogP contribution in [-0.4, -0.2) is 24.5 Å². The molecule has 1 heterocycles. The van der Waals surface area contributed by atoms with E-state index in [9.17, 15) is 5.11 Å². The molecule has 1 aromatic rings. The van der Waals surface area contributed by atoms with Crippen LogP contribution in [-0.2, 0) is 4.43 Å². The normalized spacial score (nSPS) is 16.4. The molecule has 0 spiro atoms. The lowest BCUT2D eigenvalue weighted by Gasteiger charge is -2.39. The minimum absolute atomic E-state index is 0.120. The van der Waals surface area contributed by atoms with Crippen LogP contribution < -0.4 is 0 Å². The van der Waals surface area contributed by atoms with Crippen LogP contribution in [0.2, 0.25) is 18.1 Å². The van der Waals surface area contributed by atoms with Crippen molar-refractivity contribution in [3.8, 4) is 0 Å². The van der Waals surface area contributed by atoms with Crippen molar-refractivity contribution >= 4 is 8.32 Å². The van der Waals surface area contributed by atoms with Gasteiger partial charge in [-0.3, -0.25) is 4.98 Å². The zero-order chi connectivity index (χ0) is 14.0. The Labute approximate surface area is 111 Å². The molecular formula is C14H25NO2Si. The van der Waals surface area contributed by atoms with E-state index in [0.29, 0.717) is 0 Å². The highest BCUT2D eigenvalue weighted by atomic mass is 28.4. The molecule has 0 amide bonds. The molecule has 0 aliphatic carbocycles. The zero-order valence-corrected chi connectivity index (χ0v) is 13.3. The largest absolute Gasteiger partial charge is 0.406 e. The van der Waals surface area contributed by atoms with Crippen molar-refractivity contribution in [1.29, 1.82) is 0 Å². The lowest BCUT2D eigenvalue weighted by molar-refractivity contribution is 0.0359. The molecule has 3 nitrogen and oxygen atoms in total. The third-order valence-electron chi connectivity index (χ3n) is 3.65. The van der Waals surface area contributed by atoms with Gasteiger partial charge in [-0.1, -0.05) is 26.8 Å². The number of pyridine rings is 1. The maximum absolute atomic E-state index is 9.95. The second-order valence-corrected chi connectivity index (χ2v) is 11.1. The SMILES string of the molecule is CC(O)C(O[Si](C)(C)C(C)(C)C)c1ccccn1. The number of hydrogen-bond acceptors (Lipinski definition) is 3. The number of aromatic nitrogens is 1. The van der Waals surface area contributed by atoms with E-state index >= 15 is 0 Å².